The van der Waals surface area contributed by atoms with Crippen molar-refractivity contribution in [3.8, 4) is 11.8 Å². The van der Waals surface area contributed by atoms with Gasteiger partial charge in [0.15, 0.2) is 6.61 Å². The van der Waals surface area contributed by atoms with Crippen molar-refractivity contribution >= 4 is 11.6 Å². The highest BCUT2D eigenvalue weighted by Gasteiger charge is 2.52. The van der Waals surface area contributed by atoms with Gasteiger partial charge in [-0.2, -0.15) is 10.4 Å². The zero-order valence-electron chi connectivity index (χ0n) is 15.2. The third kappa shape index (κ3) is 3.33. The monoisotopic (exact) mass is 351 g/mol. The van der Waals surface area contributed by atoms with E-state index in [1.54, 1.807) is 24.3 Å². The molecule has 1 aromatic rings. The number of amides is 1. The lowest BCUT2D eigenvalue weighted by Gasteiger charge is -2.56. The molecule has 0 saturated heterocycles. The number of nitriles is 1. The predicted molar refractivity (Wildman–Crippen MR) is 98.5 cm³/mol. The lowest BCUT2D eigenvalue weighted by atomic mass is 9.48. The summed E-state index contributed by atoms with van der Waals surface area (Å²) in [4.78, 5) is 12.1. The molecule has 4 aliphatic carbocycles. The molecule has 26 heavy (non-hydrogen) atoms. The summed E-state index contributed by atoms with van der Waals surface area (Å²) in [5.41, 5.74) is 4.54. The van der Waals surface area contributed by atoms with Gasteiger partial charge in [-0.3, -0.25) is 4.79 Å². The van der Waals surface area contributed by atoms with Crippen molar-refractivity contribution in [1.29, 1.82) is 5.26 Å². The Balaban J connectivity index is 1.32. The fourth-order valence-corrected chi connectivity index (χ4v) is 5.63. The van der Waals surface area contributed by atoms with E-state index in [1.165, 1.54) is 38.5 Å². The van der Waals surface area contributed by atoms with Gasteiger partial charge in [0.2, 0.25) is 0 Å². The summed E-state index contributed by atoms with van der Waals surface area (Å²) in [6.07, 6.45) is 7.93. The van der Waals surface area contributed by atoms with E-state index in [4.69, 9.17) is 10.00 Å². The molecule has 0 radical (unpaired) electrons. The Hall–Kier alpha value is -2.35. The molecule has 5 heteroatoms. The Bertz CT molecular complexity index is 725. The average molecular weight is 351 g/mol. The van der Waals surface area contributed by atoms with Gasteiger partial charge in [-0.1, -0.05) is 0 Å². The molecule has 4 aliphatic rings. The van der Waals surface area contributed by atoms with Crippen molar-refractivity contribution in [3.63, 3.8) is 0 Å². The number of nitrogens with one attached hydrogen (secondary N) is 1. The Kier molecular flexibility index (Phi) is 4.44. The van der Waals surface area contributed by atoms with Crippen LogP contribution in [0, 0.1) is 34.5 Å². The lowest BCUT2D eigenvalue weighted by Crippen LogP contribution is -2.49. The van der Waals surface area contributed by atoms with E-state index < -0.39 is 0 Å². The minimum absolute atomic E-state index is 0.0798. The number of rotatable bonds is 5. The number of hydrogen-bond acceptors (Lipinski definition) is 4. The first-order valence-electron chi connectivity index (χ1n) is 9.53. The molecule has 0 spiro atoms. The van der Waals surface area contributed by atoms with Crippen LogP contribution in [0.2, 0.25) is 0 Å². The molecule has 136 valence electrons. The van der Waals surface area contributed by atoms with Crippen LogP contribution >= 0.6 is 0 Å². The molecule has 0 heterocycles. The largest absolute Gasteiger partial charge is 0.484 e. The summed E-state index contributed by atoms with van der Waals surface area (Å²) in [7, 11) is 0. The zero-order valence-corrected chi connectivity index (χ0v) is 15.2. The first-order valence-corrected chi connectivity index (χ1v) is 9.53. The van der Waals surface area contributed by atoms with Gasteiger partial charge in [0.25, 0.3) is 5.91 Å². The van der Waals surface area contributed by atoms with Crippen molar-refractivity contribution in [1.82, 2.24) is 5.43 Å². The number of nitrogens with zero attached hydrogens (tertiary/aromatic N) is 2. The molecule has 4 bridgehead atoms. The van der Waals surface area contributed by atoms with Crippen LogP contribution in [0.15, 0.2) is 29.4 Å². The van der Waals surface area contributed by atoms with Crippen molar-refractivity contribution < 1.29 is 9.53 Å². The van der Waals surface area contributed by atoms with Crippen LogP contribution in [0.4, 0.5) is 0 Å². The van der Waals surface area contributed by atoms with Gasteiger partial charge < -0.3 is 4.74 Å². The fraction of sp³-hybridized carbons (Fsp3) is 0.571. The molecule has 1 amide bonds. The Labute approximate surface area is 154 Å². The number of carbonyl (C=O) groups excluding carboxylic acids is 1. The molecule has 1 aromatic carbocycles. The van der Waals surface area contributed by atoms with Gasteiger partial charge >= 0.3 is 0 Å². The van der Waals surface area contributed by atoms with Crippen molar-refractivity contribution in [3.05, 3.63) is 29.8 Å². The minimum Gasteiger partial charge on any atom is -0.484 e. The predicted octanol–water partition coefficient (Wildman–Crippen LogP) is 3.65. The molecule has 5 rings (SSSR count). The topological polar surface area (TPSA) is 74.5 Å². The van der Waals surface area contributed by atoms with Crippen LogP contribution in [-0.4, -0.2) is 18.2 Å². The normalized spacial score (nSPS) is 32.2. The van der Waals surface area contributed by atoms with Crippen LogP contribution in [0.3, 0.4) is 0 Å². The number of ether oxygens (including phenoxy) is 1. The third-order valence-corrected chi connectivity index (χ3v) is 6.51. The fourth-order valence-electron chi connectivity index (χ4n) is 5.63. The minimum atomic E-state index is -0.251. The van der Waals surface area contributed by atoms with Gasteiger partial charge in [0.05, 0.1) is 11.6 Å². The summed E-state index contributed by atoms with van der Waals surface area (Å²) in [5, 5.41) is 13.2. The highest BCUT2D eigenvalue weighted by molar-refractivity contribution is 5.90. The smallest absolute Gasteiger partial charge is 0.277 e. The van der Waals surface area contributed by atoms with Crippen LogP contribution in [0.1, 0.15) is 51.0 Å². The molecular formula is C21H25N3O2. The van der Waals surface area contributed by atoms with E-state index in [-0.39, 0.29) is 17.9 Å². The first-order chi connectivity index (χ1) is 12.6. The Morgan fingerprint density at radius 3 is 2.31 bits per heavy atom. The maximum absolute atomic E-state index is 12.1. The maximum atomic E-state index is 12.1. The quantitative estimate of drug-likeness (QED) is 0.650. The highest BCUT2D eigenvalue weighted by Crippen LogP contribution is 2.60. The van der Waals surface area contributed by atoms with Crippen LogP contribution in [0.25, 0.3) is 0 Å². The molecule has 0 atom stereocenters. The van der Waals surface area contributed by atoms with Crippen LogP contribution < -0.4 is 10.2 Å². The van der Waals surface area contributed by atoms with Crippen molar-refractivity contribution in [2.45, 2.75) is 45.4 Å². The van der Waals surface area contributed by atoms with E-state index >= 15 is 0 Å². The molecule has 4 fully saturated rings. The van der Waals surface area contributed by atoms with Crippen LogP contribution in [-0.2, 0) is 4.79 Å². The van der Waals surface area contributed by atoms with Crippen molar-refractivity contribution in [2.24, 2.45) is 28.3 Å². The first kappa shape index (κ1) is 17.1. The summed E-state index contributed by atoms with van der Waals surface area (Å²) < 4.78 is 5.46. The van der Waals surface area contributed by atoms with Gasteiger partial charge in [0.1, 0.15) is 5.75 Å². The Morgan fingerprint density at radius 1 is 1.19 bits per heavy atom. The number of carbonyl (C=O) groups is 1. The molecule has 0 aromatic heterocycles. The van der Waals surface area contributed by atoms with Crippen molar-refractivity contribution in [2.75, 3.05) is 6.61 Å². The van der Waals surface area contributed by atoms with E-state index in [0.717, 1.165) is 23.5 Å². The van der Waals surface area contributed by atoms with E-state index in [9.17, 15) is 4.79 Å². The molecular weight excluding hydrogens is 326 g/mol. The molecule has 0 aliphatic heterocycles. The average Bonchev–Trinajstić information content (AvgIpc) is 2.63. The maximum Gasteiger partial charge on any atom is 0.277 e. The molecule has 5 nitrogen and oxygen atoms in total. The van der Waals surface area contributed by atoms with Crippen LogP contribution in [0.5, 0.6) is 5.75 Å². The highest BCUT2D eigenvalue weighted by atomic mass is 16.5. The molecule has 1 N–H and O–H groups in total. The van der Waals surface area contributed by atoms with Gasteiger partial charge in [-0.15, -0.1) is 0 Å². The van der Waals surface area contributed by atoms with Gasteiger partial charge in [-0.25, -0.2) is 5.43 Å². The Morgan fingerprint density at radius 2 is 1.77 bits per heavy atom. The summed E-state index contributed by atoms with van der Waals surface area (Å²) in [6, 6.07) is 8.77. The van der Waals surface area contributed by atoms with Gasteiger partial charge in [-0.05, 0) is 87.5 Å². The second-order valence-corrected chi connectivity index (χ2v) is 8.35. The lowest BCUT2D eigenvalue weighted by molar-refractivity contribution is -0.123. The van der Waals surface area contributed by atoms with E-state index in [0.29, 0.717) is 11.3 Å². The zero-order chi connectivity index (χ0) is 18.1. The van der Waals surface area contributed by atoms with E-state index in [2.05, 4.69) is 23.5 Å². The SMILES string of the molecule is C/C(=N/NC(=O)COc1ccc(C#N)cc1)C12CC3CC(CC(C3)C1)C2. The summed E-state index contributed by atoms with van der Waals surface area (Å²) in [6.45, 7) is 2.00. The standard InChI is InChI=1S/C21H25N3O2/c1-14(21-9-16-6-17(10-21)8-18(7-16)11-21)23-24-20(25)13-26-19-4-2-15(12-22)3-5-19/h2-5,16-18H,6-11,13H2,1H3,(H,24,25)/b23-14-. The summed E-state index contributed by atoms with van der Waals surface area (Å²) in [5.74, 6) is 2.91. The second-order valence-electron chi connectivity index (χ2n) is 8.35. The van der Waals surface area contributed by atoms with Gasteiger partial charge in [0, 0.05) is 11.1 Å². The molecule has 4 saturated carbocycles. The number of hydrazone groups is 1. The molecule has 0 unspecified atom stereocenters. The van der Waals surface area contributed by atoms with E-state index in [1.807, 2.05) is 0 Å². The number of benzene rings is 1. The number of hydrogen-bond donors (Lipinski definition) is 1. The second kappa shape index (κ2) is 6.75. The summed E-state index contributed by atoms with van der Waals surface area (Å²) >= 11 is 0. The third-order valence-electron chi connectivity index (χ3n) is 6.51.